The van der Waals surface area contributed by atoms with E-state index >= 15 is 0 Å². The van der Waals surface area contributed by atoms with E-state index in [4.69, 9.17) is 9.47 Å². The molecule has 0 amide bonds. The molecule has 5 heteroatoms. The largest absolute Gasteiger partial charge is 0.496 e. The standard InChI is InChI=1S/C14H16N2O3/c1-3-19-13(17)9-16-14-11-5-4-6-12(18-2)10(11)7-8-15-14/h4-8H,3,9H2,1-2H3,(H,15,16). The van der Waals surface area contributed by atoms with Crippen LogP contribution in [0.5, 0.6) is 5.75 Å². The summed E-state index contributed by atoms with van der Waals surface area (Å²) in [4.78, 5) is 15.6. The summed E-state index contributed by atoms with van der Waals surface area (Å²) in [5, 5.41) is 4.84. The molecule has 19 heavy (non-hydrogen) atoms. The Hall–Kier alpha value is -2.30. The number of carbonyl (C=O) groups is 1. The fourth-order valence-electron chi connectivity index (χ4n) is 1.87. The van der Waals surface area contributed by atoms with Gasteiger partial charge in [0.1, 0.15) is 18.1 Å². The number of aromatic nitrogens is 1. The lowest BCUT2D eigenvalue weighted by Crippen LogP contribution is -2.17. The molecule has 1 heterocycles. The molecule has 0 spiro atoms. The second kappa shape index (κ2) is 6.04. The lowest BCUT2D eigenvalue weighted by molar-refractivity contribution is -0.140. The first-order valence-electron chi connectivity index (χ1n) is 6.07. The van der Waals surface area contributed by atoms with Crippen molar-refractivity contribution in [2.45, 2.75) is 6.92 Å². The molecule has 5 nitrogen and oxygen atoms in total. The minimum Gasteiger partial charge on any atom is -0.496 e. The molecule has 1 aromatic heterocycles. The Bertz CT molecular complexity index is 584. The number of hydrogen-bond donors (Lipinski definition) is 1. The molecule has 0 saturated carbocycles. The number of anilines is 1. The highest BCUT2D eigenvalue weighted by atomic mass is 16.5. The fraction of sp³-hybridized carbons (Fsp3) is 0.286. The Labute approximate surface area is 111 Å². The maximum Gasteiger partial charge on any atom is 0.325 e. The van der Waals surface area contributed by atoms with Crippen LogP contribution >= 0.6 is 0 Å². The summed E-state index contributed by atoms with van der Waals surface area (Å²) in [7, 11) is 1.63. The summed E-state index contributed by atoms with van der Waals surface area (Å²) < 4.78 is 10.2. The average molecular weight is 260 g/mol. The van der Waals surface area contributed by atoms with Gasteiger partial charge in [-0.05, 0) is 19.1 Å². The lowest BCUT2D eigenvalue weighted by atomic mass is 10.1. The van der Waals surface area contributed by atoms with Gasteiger partial charge in [-0.2, -0.15) is 0 Å². The number of ether oxygens (including phenoxy) is 2. The van der Waals surface area contributed by atoms with Gasteiger partial charge < -0.3 is 14.8 Å². The average Bonchev–Trinajstić information content (AvgIpc) is 2.44. The van der Waals surface area contributed by atoms with Gasteiger partial charge in [0.05, 0.1) is 13.7 Å². The van der Waals surface area contributed by atoms with E-state index in [0.29, 0.717) is 12.4 Å². The van der Waals surface area contributed by atoms with E-state index in [2.05, 4.69) is 10.3 Å². The molecule has 1 N–H and O–H groups in total. The Morgan fingerprint density at radius 3 is 2.89 bits per heavy atom. The quantitative estimate of drug-likeness (QED) is 0.835. The van der Waals surface area contributed by atoms with Crippen LogP contribution in [-0.4, -0.2) is 31.2 Å². The van der Waals surface area contributed by atoms with E-state index < -0.39 is 0 Å². The first-order chi connectivity index (χ1) is 9.26. The number of carbonyl (C=O) groups excluding carboxylic acids is 1. The molecule has 0 fully saturated rings. The van der Waals surface area contributed by atoms with Crippen LogP contribution in [-0.2, 0) is 9.53 Å². The van der Waals surface area contributed by atoms with Gasteiger partial charge in [-0.1, -0.05) is 12.1 Å². The van der Waals surface area contributed by atoms with Gasteiger partial charge in [-0.25, -0.2) is 4.98 Å². The van der Waals surface area contributed by atoms with Crippen molar-refractivity contribution < 1.29 is 14.3 Å². The van der Waals surface area contributed by atoms with Gasteiger partial charge in [0, 0.05) is 17.0 Å². The molecule has 0 aliphatic heterocycles. The maximum atomic E-state index is 11.3. The topological polar surface area (TPSA) is 60.5 Å². The molecular weight excluding hydrogens is 244 g/mol. The predicted molar refractivity (Wildman–Crippen MR) is 73.4 cm³/mol. The van der Waals surface area contributed by atoms with Crippen LogP contribution in [0.15, 0.2) is 30.5 Å². The Kier molecular flexibility index (Phi) is 4.18. The zero-order valence-corrected chi connectivity index (χ0v) is 11.0. The number of esters is 1. The third-order valence-corrected chi connectivity index (χ3v) is 2.69. The Balaban J connectivity index is 2.26. The SMILES string of the molecule is CCOC(=O)CNc1nccc2c(OC)cccc12. The van der Waals surface area contributed by atoms with Crippen LogP contribution < -0.4 is 10.1 Å². The monoisotopic (exact) mass is 260 g/mol. The summed E-state index contributed by atoms with van der Waals surface area (Å²) in [5.74, 6) is 1.12. The van der Waals surface area contributed by atoms with Gasteiger partial charge >= 0.3 is 5.97 Å². The van der Waals surface area contributed by atoms with Gasteiger partial charge in [0.25, 0.3) is 0 Å². The smallest absolute Gasteiger partial charge is 0.325 e. The molecular formula is C14H16N2O3. The molecule has 0 unspecified atom stereocenters. The van der Waals surface area contributed by atoms with Crippen molar-refractivity contribution in [2.75, 3.05) is 25.6 Å². The Morgan fingerprint density at radius 2 is 2.16 bits per heavy atom. The minimum absolute atomic E-state index is 0.0944. The highest BCUT2D eigenvalue weighted by Crippen LogP contribution is 2.28. The van der Waals surface area contributed by atoms with E-state index in [-0.39, 0.29) is 12.5 Å². The van der Waals surface area contributed by atoms with E-state index in [9.17, 15) is 4.79 Å². The van der Waals surface area contributed by atoms with Crippen molar-refractivity contribution in [3.05, 3.63) is 30.5 Å². The number of nitrogens with zero attached hydrogens (tertiary/aromatic N) is 1. The number of benzene rings is 1. The van der Waals surface area contributed by atoms with E-state index in [1.54, 1.807) is 20.2 Å². The molecule has 0 aliphatic carbocycles. The van der Waals surface area contributed by atoms with Crippen LogP contribution in [0, 0.1) is 0 Å². The van der Waals surface area contributed by atoms with E-state index in [0.717, 1.165) is 16.5 Å². The summed E-state index contributed by atoms with van der Waals surface area (Å²) in [6.45, 7) is 2.24. The summed E-state index contributed by atoms with van der Waals surface area (Å²) in [6, 6.07) is 7.58. The minimum atomic E-state index is -0.302. The zero-order valence-electron chi connectivity index (χ0n) is 11.0. The first-order valence-corrected chi connectivity index (χ1v) is 6.07. The molecule has 2 aromatic rings. The van der Waals surface area contributed by atoms with Crippen molar-refractivity contribution in [2.24, 2.45) is 0 Å². The second-order valence-electron chi connectivity index (χ2n) is 3.87. The molecule has 1 aromatic carbocycles. The molecule has 0 saturated heterocycles. The molecule has 0 bridgehead atoms. The zero-order chi connectivity index (χ0) is 13.7. The van der Waals surface area contributed by atoms with Crippen molar-refractivity contribution in [3.8, 4) is 5.75 Å². The van der Waals surface area contributed by atoms with Crippen LogP contribution in [0.3, 0.4) is 0 Å². The highest BCUT2D eigenvalue weighted by molar-refractivity contribution is 5.96. The van der Waals surface area contributed by atoms with Crippen LogP contribution in [0.1, 0.15) is 6.92 Å². The van der Waals surface area contributed by atoms with Gasteiger partial charge in [0.2, 0.25) is 0 Å². The molecule has 2 rings (SSSR count). The van der Waals surface area contributed by atoms with Crippen LogP contribution in [0.4, 0.5) is 5.82 Å². The number of nitrogens with one attached hydrogen (secondary N) is 1. The first kappa shape index (κ1) is 13.1. The second-order valence-corrected chi connectivity index (χ2v) is 3.87. The number of methoxy groups -OCH3 is 1. The van der Waals surface area contributed by atoms with Crippen molar-refractivity contribution in [1.82, 2.24) is 4.98 Å². The van der Waals surface area contributed by atoms with Gasteiger partial charge in [-0.15, -0.1) is 0 Å². The van der Waals surface area contributed by atoms with Crippen molar-refractivity contribution >= 4 is 22.6 Å². The Morgan fingerprint density at radius 1 is 1.32 bits per heavy atom. The molecule has 100 valence electrons. The van der Waals surface area contributed by atoms with Crippen molar-refractivity contribution in [3.63, 3.8) is 0 Å². The third-order valence-electron chi connectivity index (χ3n) is 2.69. The normalized spacial score (nSPS) is 10.2. The van der Waals surface area contributed by atoms with Gasteiger partial charge in [0.15, 0.2) is 0 Å². The maximum absolute atomic E-state index is 11.3. The fourth-order valence-corrected chi connectivity index (χ4v) is 1.87. The summed E-state index contributed by atoms with van der Waals surface area (Å²) in [5.41, 5.74) is 0. The highest BCUT2D eigenvalue weighted by Gasteiger charge is 2.08. The molecule has 0 radical (unpaired) electrons. The molecule has 0 aliphatic rings. The van der Waals surface area contributed by atoms with E-state index in [1.165, 1.54) is 0 Å². The molecule has 0 atom stereocenters. The van der Waals surface area contributed by atoms with Crippen LogP contribution in [0.25, 0.3) is 10.8 Å². The van der Waals surface area contributed by atoms with E-state index in [1.807, 2.05) is 24.3 Å². The summed E-state index contributed by atoms with van der Waals surface area (Å²) >= 11 is 0. The lowest BCUT2D eigenvalue weighted by Gasteiger charge is -2.10. The number of pyridine rings is 1. The van der Waals surface area contributed by atoms with Gasteiger partial charge in [-0.3, -0.25) is 4.79 Å². The summed E-state index contributed by atoms with van der Waals surface area (Å²) in [6.07, 6.45) is 1.68. The number of rotatable bonds is 5. The predicted octanol–water partition coefficient (Wildman–Crippen LogP) is 2.22. The number of hydrogen-bond acceptors (Lipinski definition) is 5. The third kappa shape index (κ3) is 2.93. The van der Waals surface area contributed by atoms with Crippen LogP contribution in [0.2, 0.25) is 0 Å². The number of fused-ring (bicyclic) bond motifs is 1. The van der Waals surface area contributed by atoms with Crippen molar-refractivity contribution in [1.29, 1.82) is 0 Å².